The van der Waals surface area contributed by atoms with Crippen LogP contribution < -0.4 is 5.32 Å². The summed E-state index contributed by atoms with van der Waals surface area (Å²) >= 11 is 5.75. The first-order chi connectivity index (χ1) is 7.18. The van der Waals surface area contributed by atoms with Gasteiger partial charge in [-0.2, -0.15) is 0 Å². The highest BCUT2D eigenvalue weighted by molar-refractivity contribution is 6.31. The Hall–Kier alpha value is -1.09. The van der Waals surface area contributed by atoms with Crippen LogP contribution in [-0.2, 0) is 11.3 Å². The zero-order valence-corrected chi connectivity index (χ0v) is 8.85. The van der Waals surface area contributed by atoms with E-state index >= 15 is 0 Å². The lowest BCUT2D eigenvalue weighted by atomic mass is 10.2. The summed E-state index contributed by atoms with van der Waals surface area (Å²) in [6.45, 7) is 0.298. The van der Waals surface area contributed by atoms with Crippen LogP contribution in [0.2, 0.25) is 5.02 Å². The first kappa shape index (κ1) is 10.4. The van der Waals surface area contributed by atoms with Crippen molar-refractivity contribution in [3.63, 3.8) is 0 Å². The van der Waals surface area contributed by atoms with Gasteiger partial charge in [-0.05, 0) is 24.5 Å². The molecule has 1 amide bonds. The van der Waals surface area contributed by atoms with Crippen molar-refractivity contribution in [2.75, 3.05) is 0 Å². The average molecular weight is 228 g/mol. The Morgan fingerprint density at radius 3 is 2.93 bits per heavy atom. The molecule has 1 aliphatic carbocycles. The van der Waals surface area contributed by atoms with Gasteiger partial charge >= 0.3 is 0 Å². The van der Waals surface area contributed by atoms with E-state index in [0.717, 1.165) is 12.8 Å². The lowest BCUT2D eigenvalue weighted by Crippen LogP contribution is -2.24. The normalized spacial score (nSPS) is 15.1. The Balaban J connectivity index is 1.98. The molecule has 1 aromatic carbocycles. The van der Waals surface area contributed by atoms with E-state index < -0.39 is 5.82 Å². The third-order valence-electron chi connectivity index (χ3n) is 2.43. The summed E-state index contributed by atoms with van der Waals surface area (Å²) in [7, 11) is 0. The number of rotatable bonds is 3. The molecule has 0 atom stereocenters. The molecule has 1 fully saturated rings. The molecule has 0 spiro atoms. The Labute approximate surface area is 92.4 Å². The molecule has 1 aliphatic rings. The zero-order chi connectivity index (χ0) is 10.8. The quantitative estimate of drug-likeness (QED) is 0.845. The Morgan fingerprint density at radius 2 is 2.27 bits per heavy atom. The maximum Gasteiger partial charge on any atom is 0.223 e. The van der Waals surface area contributed by atoms with Gasteiger partial charge in [0.05, 0.1) is 5.02 Å². The van der Waals surface area contributed by atoms with Gasteiger partial charge < -0.3 is 5.32 Å². The molecule has 0 aliphatic heterocycles. The second-order valence-corrected chi connectivity index (χ2v) is 4.08. The van der Waals surface area contributed by atoms with Crippen LogP contribution in [0.5, 0.6) is 0 Å². The summed E-state index contributed by atoms with van der Waals surface area (Å²) in [6.07, 6.45) is 1.92. The molecule has 80 valence electrons. The van der Waals surface area contributed by atoms with Gasteiger partial charge in [-0.3, -0.25) is 4.79 Å². The maximum absolute atomic E-state index is 13.0. The lowest BCUT2D eigenvalue weighted by molar-refractivity contribution is -0.122. The predicted molar refractivity (Wildman–Crippen MR) is 56.0 cm³/mol. The van der Waals surface area contributed by atoms with Crippen molar-refractivity contribution in [1.29, 1.82) is 0 Å². The van der Waals surface area contributed by atoms with E-state index in [1.165, 1.54) is 6.07 Å². The van der Waals surface area contributed by atoms with Crippen LogP contribution in [0.4, 0.5) is 4.39 Å². The van der Waals surface area contributed by atoms with E-state index in [1.54, 1.807) is 12.1 Å². The molecular weight excluding hydrogens is 217 g/mol. The molecule has 0 unspecified atom stereocenters. The summed E-state index contributed by atoms with van der Waals surface area (Å²) in [5.41, 5.74) is 0.616. The molecule has 2 rings (SSSR count). The monoisotopic (exact) mass is 227 g/mol. The molecule has 1 aromatic rings. The molecule has 4 heteroatoms. The van der Waals surface area contributed by atoms with Crippen LogP contribution in [0, 0.1) is 11.7 Å². The second kappa shape index (κ2) is 4.19. The van der Waals surface area contributed by atoms with Crippen LogP contribution in [0.3, 0.4) is 0 Å². The van der Waals surface area contributed by atoms with Gasteiger partial charge in [-0.25, -0.2) is 4.39 Å². The largest absolute Gasteiger partial charge is 0.352 e. The highest BCUT2D eigenvalue weighted by Gasteiger charge is 2.29. The van der Waals surface area contributed by atoms with Crippen molar-refractivity contribution in [2.45, 2.75) is 19.4 Å². The van der Waals surface area contributed by atoms with Crippen molar-refractivity contribution in [3.8, 4) is 0 Å². The van der Waals surface area contributed by atoms with E-state index in [4.69, 9.17) is 11.6 Å². The molecule has 15 heavy (non-hydrogen) atoms. The van der Waals surface area contributed by atoms with Crippen molar-refractivity contribution in [3.05, 3.63) is 34.6 Å². The van der Waals surface area contributed by atoms with Gasteiger partial charge in [0.15, 0.2) is 0 Å². The highest BCUT2D eigenvalue weighted by Crippen LogP contribution is 2.29. The average Bonchev–Trinajstić information content (AvgIpc) is 3.03. The minimum atomic E-state index is -0.449. The number of amides is 1. The molecule has 0 radical (unpaired) electrons. The molecule has 0 saturated heterocycles. The molecule has 2 nitrogen and oxygen atoms in total. The van der Waals surface area contributed by atoms with E-state index in [2.05, 4.69) is 5.32 Å². The summed E-state index contributed by atoms with van der Waals surface area (Å²) in [5, 5.41) is 2.83. The molecular formula is C11H11ClFNO. The van der Waals surface area contributed by atoms with E-state index in [9.17, 15) is 9.18 Å². The SMILES string of the molecule is O=C(NCc1cccc(F)c1Cl)C1CC1. The first-order valence-corrected chi connectivity index (χ1v) is 5.27. The van der Waals surface area contributed by atoms with E-state index in [-0.39, 0.29) is 16.8 Å². The number of carbonyl (C=O) groups is 1. The number of carbonyl (C=O) groups excluding carboxylic acids is 1. The van der Waals surface area contributed by atoms with Crippen LogP contribution in [0.1, 0.15) is 18.4 Å². The Kier molecular flexibility index (Phi) is 2.91. The van der Waals surface area contributed by atoms with Crippen molar-refractivity contribution < 1.29 is 9.18 Å². The molecule has 0 aromatic heterocycles. The second-order valence-electron chi connectivity index (χ2n) is 3.71. The third kappa shape index (κ3) is 2.48. The van der Waals surface area contributed by atoms with Crippen LogP contribution in [-0.4, -0.2) is 5.91 Å². The Morgan fingerprint density at radius 1 is 1.53 bits per heavy atom. The fraction of sp³-hybridized carbons (Fsp3) is 0.364. The molecule has 0 heterocycles. The highest BCUT2D eigenvalue weighted by atomic mass is 35.5. The number of halogens is 2. The summed E-state index contributed by atoms with van der Waals surface area (Å²) in [5.74, 6) is -0.248. The zero-order valence-electron chi connectivity index (χ0n) is 8.09. The Bertz CT molecular complexity index is 390. The van der Waals surface area contributed by atoms with E-state index in [1.807, 2.05) is 0 Å². The number of nitrogens with one attached hydrogen (secondary N) is 1. The van der Waals surface area contributed by atoms with Crippen LogP contribution >= 0.6 is 11.6 Å². The summed E-state index contributed by atoms with van der Waals surface area (Å²) < 4.78 is 13.0. The van der Waals surface area contributed by atoms with Crippen molar-refractivity contribution in [1.82, 2.24) is 5.32 Å². The van der Waals surface area contributed by atoms with Crippen LogP contribution in [0.15, 0.2) is 18.2 Å². The van der Waals surface area contributed by atoms with Crippen molar-refractivity contribution in [2.24, 2.45) is 5.92 Å². The van der Waals surface area contributed by atoms with Gasteiger partial charge in [0.1, 0.15) is 5.82 Å². The fourth-order valence-electron chi connectivity index (χ4n) is 1.36. The van der Waals surface area contributed by atoms with Gasteiger partial charge in [0, 0.05) is 12.5 Å². The number of benzene rings is 1. The minimum Gasteiger partial charge on any atom is -0.352 e. The fourth-order valence-corrected chi connectivity index (χ4v) is 1.55. The minimum absolute atomic E-state index is 0.0373. The molecule has 1 N–H and O–H groups in total. The molecule has 0 bridgehead atoms. The summed E-state index contributed by atoms with van der Waals surface area (Å²) in [4.78, 5) is 11.3. The first-order valence-electron chi connectivity index (χ1n) is 4.89. The topological polar surface area (TPSA) is 29.1 Å². The number of hydrogen-bond donors (Lipinski definition) is 1. The third-order valence-corrected chi connectivity index (χ3v) is 2.86. The van der Waals surface area contributed by atoms with Gasteiger partial charge in [-0.1, -0.05) is 23.7 Å². The van der Waals surface area contributed by atoms with Crippen LogP contribution in [0.25, 0.3) is 0 Å². The van der Waals surface area contributed by atoms with Gasteiger partial charge in [0.25, 0.3) is 0 Å². The van der Waals surface area contributed by atoms with E-state index in [0.29, 0.717) is 12.1 Å². The standard InChI is InChI=1S/C11H11ClFNO/c12-10-8(2-1-3-9(10)13)6-14-11(15)7-4-5-7/h1-3,7H,4-6H2,(H,14,15). The van der Waals surface area contributed by atoms with Gasteiger partial charge in [0.2, 0.25) is 5.91 Å². The summed E-state index contributed by atoms with van der Waals surface area (Å²) in [6, 6.07) is 4.59. The van der Waals surface area contributed by atoms with Gasteiger partial charge in [-0.15, -0.1) is 0 Å². The van der Waals surface area contributed by atoms with Crippen molar-refractivity contribution >= 4 is 17.5 Å². The maximum atomic E-state index is 13.0. The predicted octanol–water partition coefficient (Wildman–Crippen LogP) is 2.51. The number of hydrogen-bond acceptors (Lipinski definition) is 1. The smallest absolute Gasteiger partial charge is 0.223 e. The molecule has 1 saturated carbocycles. The lowest BCUT2D eigenvalue weighted by Gasteiger charge is -2.06.